The minimum absolute atomic E-state index is 0.168. The first-order valence-corrected chi connectivity index (χ1v) is 5.76. The van der Waals surface area contributed by atoms with Crippen molar-refractivity contribution in [3.8, 4) is 0 Å². The second-order valence-corrected chi connectivity index (χ2v) is 5.21. The van der Waals surface area contributed by atoms with Crippen molar-refractivity contribution in [3.63, 3.8) is 0 Å². The zero-order chi connectivity index (χ0) is 7.28. The van der Waals surface area contributed by atoms with Gasteiger partial charge in [0.2, 0.25) is 0 Å². The molecule has 0 aliphatic carbocycles. The van der Waals surface area contributed by atoms with Crippen LogP contribution in [-0.4, -0.2) is 21.4 Å². The summed E-state index contributed by atoms with van der Waals surface area (Å²) < 4.78 is 4.74. The maximum absolute atomic E-state index is 10.2. The van der Waals surface area contributed by atoms with Crippen LogP contribution < -0.4 is 0 Å². The summed E-state index contributed by atoms with van der Waals surface area (Å²) in [5.74, 6) is -0.168. The third-order valence-corrected chi connectivity index (χ3v) is 2.11. The van der Waals surface area contributed by atoms with Crippen LogP contribution in [0.3, 0.4) is 0 Å². The van der Waals surface area contributed by atoms with Gasteiger partial charge in [0.25, 0.3) is 0 Å². The Morgan fingerprint density at radius 1 is 1.56 bits per heavy atom. The lowest BCUT2D eigenvalue weighted by atomic mass is 10.8. The Balaban J connectivity index is 3.01. The molecule has 0 aromatic heterocycles. The van der Waals surface area contributed by atoms with Gasteiger partial charge in [0.15, 0.2) is 0 Å². The Bertz CT molecular complexity index is 91.1. The van der Waals surface area contributed by atoms with Crippen molar-refractivity contribution in [2.75, 3.05) is 6.61 Å². The number of rotatable bonds is 3. The molecule has 0 unspecified atom stereocenters. The summed E-state index contributed by atoms with van der Waals surface area (Å²) in [4.78, 5) is 10.2. The van der Waals surface area contributed by atoms with Crippen molar-refractivity contribution >= 4 is 14.8 Å². The van der Waals surface area contributed by atoms with Crippen molar-refractivity contribution < 1.29 is 9.53 Å². The molecule has 0 saturated carbocycles. The smallest absolute Gasteiger partial charge is 0.302 e. The molecule has 53 valence electrons. The van der Waals surface area contributed by atoms with Gasteiger partial charge in [-0.1, -0.05) is 13.1 Å². The van der Waals surface area contributed by atoms with Gasteiger partial charge in [-0.3, -0.25) is 4.79 Å². The van der Waals surface area contributed by atoms with E-state index < -0.39 is 0 Å². The average Bonchev–Trinajstić information content (AvgIpc) is 1.63. The zero-order valence-corrected chi connectivity index (χ0v) is 7.23. The van der Waals surface area contributed by atoms with Gasteiger partial charge in [0, 0.05) is 15.7 Å². The van der Waals surface area contributed by atoms with Crippen LogP contribution in [0.4, 0.5) is 0 Å². The van der Waals surface area contributed by atoms with Crippen LogP contribution in [0.1, 0.15) is 6.92 Å². The first-order chi connectivity index (χ1) is 4.13. The number of hydrogen-bond donors (Lipinski definition) is 0. The van der Waals surface area contributed by atoms with Gasteiger partial charge in [-0.25, -0.2) is 0 Å². The molecule has 0 heterocycles. The van der Waals surface area contributed by atoms with Crippen molar-refractivity contribution in [2.45, 2.75) is 26.1 Å². The van der Waals surface area contributed by atoms with E-state index in [1.807, 2.05) is 0 Å². The van der Waals surface area contributed by atoms with Crippen LogP contribution >= 0.6 is 0 Å². The number of carbonyl (C=O) groups is 1. The molecule has 0 atom stereocenters. The van der Waals surface area contributed by atoms with E-state index in [1.54, 1.807) is 0 Å². The van der Waals surface area contributed by atoms with E-state index in [0.29, 0.717) is 6.61 Å². The maximum atomic E-state index is 10.2. The zero-order valence-electron chi connectivity index (χ0n) is 6.23. The fourth-order valence-electron chi connectivity index (χ4n) is 0.399. The fraction of sp³-hybridized carbons (Fsp3) is 0.833. The highest BCUT2D eigenvalue weighted by atomic mass is 28.3. The summed E-state index contributed by atoms with van der Waals surface area (Å²) in [7, 11) is -0.207. The van der Waals surface area contributed by atoms with Gasteiger partial charge in [0.1, 0.15) is 0 Å². The first kappa shape index (κ1) is 8.69. The molecular formula is C6H13O2Si. The van der Waals surface area contributed by atoms with Crippen molar-refractivity contribution in [3.05, 3.63) is 0 Å². The van der Waals surface area contributed by atoms with Crippen LogP contribution in [0.5, 0.6) is 0 Å². The lowest BCUT2D eigenvalue weighted by Gasteiger charge is -2.01. The molecule has 0 N–H and O–H groups in total. The first-order valence-electron chi connectivity index (χ1n) is 3.05. The molecule has 0 fully saturated rings. The molecular weight excluding hydrogens is 132 g/mol. The second kappa shape index (κ2) is 4.55. The maximum Gasteiger partial charge on any atom is 0.302 e. The van der Waals surface area contributed by atoms with Crippen LogP contribution in [0.15, 0.2) is 0 Å². The lowest BCUT2D eigenvalue weighted by molar-refractivity contribution is -0.140. The number of ether oxygens (including phenoxy) is 1. The molecule has 0 rings (SSSR count). The quantitative estimate of drug-likeness (QED) is 0.442. The number of esters is 1. The van der Waals surface area contributed by atoms with E-state index >= 15 is 0 Å². The van der Waals surface area contributed by atoms with Gasteiger partial charge < -0.3 is 4.74 Å². The largest absolute Gasteiger partial charge is 0.466 e. The molecule has 9 heavy (non-hydrogen) atoms. The third kappa shape index (κ3) is 7.69. The van der Waals surface area contributed by atoms with E-state index in [0.717, 1.165) is 6.04 Å². The van der Waals surface area contributed by atoms with Crippen LogP contribution in [-0.2, 0) is 9.53 Å². The normalized spacial score (nSPS) is 9.78. The van der Waals surface area contributed by atoms with Gasteiger partial charge in [-0.15, -0.1) is 0 Å². The Kier molecular flexibility index (Phi) is 4.40. The summed E-state index contributed by atoms with van der Waals surface area (Å²) in [6.07, 6.45) is 0. The summed E-state index contributed by atoms with van der Waals surface area (Å²) >= 11 is 0. The summed E-state index contributed by atoms with van der Waals surface area (Å²) in [6.45, 7) is 6.46. The fourth-order valence-corrected chi connectivity index (χ4v) is 0.909. The summed E-state index contributed by atoms with van der Waals surface area (Å²) in [6, 6.07) is 1.06. The molecule has 0 aliphatic rings. The van der Waals surface area contributed by atoms with Gasteiger partial charge in [0.05, 0.1) is 6.61 Å². The van der Waals surface area contributed by atoms with Gasteiger partial charge in [-0.05, 0) is 6.04 Å². The Morgan fingerprint density at radius 3 is 2.44 bits per heavy atom. The van der Waals surface area contributed by atoms with Crippen LogP contribution in [0.2, 0.25) is 19.1 Å². The molecule has 2 nitrogen and oxygen atoms in total. The van der Waals surface area contributed by atoms with E-state index in [9.17, 15) is 4.79 Å². The molecule has 0 amide bonds. The van der Waals surface area contributed by atoms with E-state index in [-0.39, 0.29) is 14.8 Å². The molecule has 0 aliphatic heterocycles. The molecule has 0 aromatic carbocycles. The van der Waals surface area contributed by atoms with E-state index in [1.165, 1.54) is 6.92 Å². The highest BCUT2D eigenvalue weighted by molar-refractivity contribution is 6.55. The molecule has 0 spiro atoms. The predicted molar refractivity (Wildman–Crippen MR) is 38.9 cm³/mol. The molecule has 0 saturated heterocycles. The van der Waals surface area contributed by atoms with Crippen LogP contribution in [0.25, 0.3) is 0 Å². The van der Waals surface area contributed by atoms with Crippen molar-refractivity contribution in [1.29, 1.82) is 0 Å². The Morgan fingerprint density at radius 2 is 2.11 bits per heavy atom. The van der Waals surface area contributed by atoms with E-state index in [4.69, 9.17) is 4.74 Å². The molecule has 1 radical (unpaired) electrons. The highest BCUT2D eigenvalue weighted by Gasteiger charge is 1.96. The number of carbonyl (C=O) groups excluding carboxylic acids is 1. The Hall–Kier alpha value is -0.313. The molecule has 3 heteroatoms. The summed E-state index contributed by atoms with van der Waals surface area (Å²) in [5.41, 5.74) is 0. The predicted octanol–water partition coefficient (Wildman–Crippen LogP) is 1.30. The van der Waals surface area contributed by atoms with Crippen molar-refractivity contribution in [2.24, 2.45) is 0 Å². The Labute approximate surface area is 57.8 Å². The lowest BCUT2D eigenvalue weighted by Crippen LogP contribution is -2.07. The van der Waals surface area contributed by atoms with Crippen LogP contribution in [0, 0.1) is 0 Å². The average molecular weight is 145 g/mol. The second-order valence-electron chi connectivity index (χ2n) is 2.30. The SMILES string of the molecule is CC(=O)OCC[Si](C)C. The van der Waals surface area contributed by atoms with E-state index in [2.05, 4.69) is 13.1 Å². The highest BCUT2D eigenvalue weighted by Crippen LogP contribution is 1.90. The monoisotopic (exact) mass is 145 g/mol. The third-order valence-electron chi connectivity index (χ3n) is 0.907. The minimum Gasteiger partial charge on any atom is -0.466 e. The molecule has 0 bridgehead atoms. The topological polar surface area (TPSA) is 26.3 Å². The number of hydrogen-bond acceptors (Lipinski definition) is 2. The standard InChI is InChI=1S/C6H13O2Si/c1-6(7)8-4-5-9(2)3/h4-5H2,1-3H3. The van der Waals surface area contributed by atoms with Gasteiger partial charge >= 0.3 is 5.97 Å². The summed E-state index contributed by atoms with van der Waals surface area (Å²) in [5, 5.41) is 0. The molecule has 0 aromatic rings. The van der Waals surface area contributed by atoms with Crippen molar-refractivity contribution in [1.82, 2.24) is 0 Å². The minimum atomic E-state index is -0.207. The van der Waals surface area contributed by atoms with Gasteiger partial charge in [-0.2, -0.15) is 0 Å².